The number of hydrogen-bond acceptors (Lipinski definition) is 3. The average Bonchev–Trinajstić information content (AvgIpc) is 2.81. The first kappa shape index (κ1) is 15.1. The summed E-state index contributed by atoms with van der Waals surface area (Å²) in [5.41, 5.74) is 2.14. The number of aryl methyl sites for hydroxylation is 1. The topological polar surface area (TPSA) is 24.9 Å². The van der Waals surface area contributed by atoms with Gasteiger partial charge in [0.2, 0.25) is 0 Å². The lowest BCUT2D eigenvalue weighted by atomic mass is 9.96. The first-order valence-electron chi connectivity index (χ1n) is 7.03. The molecule has 1 aromatic carbocycles. The Balaban J connectivity index is 2.02. The smallest absolute Gasteiger partial charge is 0.123 e. The van der Waals surface area contributed by atoms with E-state index in [0.29, 0.717) is 5.92 Å². The molecule has 0 saturated carbocycles. The summed E-state index contributed by atoms with van der Waals surface area (Å²) < 4.78 is 13.3. The van der Waals surface area contributed by atoms with Crippen molar-refractivity contribution >= 4 is 11.3 Å². The van der Waals surface area contributed by atoms with Crippen LogP contribution in [0.2, 0.25) is 0 Å². The van der Waals surface area contributed by atoms with Gasteiger partial charge in [-0.1, -0.05) is 19.1 Å². The number of hydrogen-bond donors (Lipinski definition) is 1. The second kappa shape index (κ2) is 7.50. The molecule has 108 valence electrons. The van der Waals surface area contributed by atoms with Crippen LogP contribution in [0.25, 0.3) is 0 Å². The van der Waals surface area contributed by atoms with Crippen molar-refractivity contribution in [1.82, 2.24) is 10.3 Å². The summed E-state index contributed by atoms with van der Waals surface area (Å²) in [6, 6.07) is 6.90. The minimum atomic E-state index is -0.158. The fourth-order valence-corrected chi connectivity index (χ4v) is 3.19. The molecule has 0 aliphatic carbocycles. The molecule has 1 atom stereocenters. The number of thiazole rings is 1. The Labute approximate surface area is 124 Å². The van der Waals surface area contributed by atoms with E-state index < -0.39 is 0 Å². The zero-order valence-corrected chi connectivity index (χ0v) is 12.8. The van der Waals surface area contributed by atoms with E-state index >= 15 is 0 Å². The molecule has 0 saturated heterocycles. The summed E-state index contributed by atoms with van der Waals surface area (Å²) in [6.45, 7) is 6.01. The van der Waals surface area contributed by atoms with E-state index in [1.807, 2.05) is 13.0 Å². The molecule has 4 heteroatoms. The van der Waals surface area contributed by atoms with Crippen molar-refractivity contribution in [2.75, 3.05) is 13.1 Å². The summed E-state index contributed by atoms with van der Waals surface area (Å²) in [7, 11) is 0. The minimum Gasteiger partial charge on any atom is -0.317 e. The van der Waals surface area contributed by atoms with Crippen LogP contribution in [-0.4, -0.2) is 18.1 Å². The Hall–Kier alpha value is -1.26. The van der Waals surface area contributed by atoms with Crippen molar-refractivity contribution in [1.29, 1.82) is 0 Å². The van der Waals surface area contributed by atoms with E-state index in [1.165, 1.54) is 11.1 Å². The van der Waals surface area contributed by atoms with Crippen LogP contribution >= 0.6 is 11.3 Å². The van der Waals surface area contributed by atoms with Gasteiger partial charge >= 0.3 is 0 Å². The van der Waals surface area contributed by atoms with Crippen LogP contribution in [0.3, 0.4) is 0 Å². The Kier molecular flexibility index (Phi) is 5.68. The molecule has 0 bridgehead atoms. The van der Waals surface area contributed by atoms with Gasteiger partial charge in [-0.05, 0) is 50.0 Å². The maximum absolute atomic E-state index is 13.3. The van der Waals surface area contributed by atoms with Crippen molar-refractivity contribution in [3.8, 4) is 0 Å². The molecular weight excluding hydrogens is 271 g/mol. The van der Waals surface area contributed by atoms with Gasteiger partial charge in [0, 0.05) is 17.5 Å². The summed E-state index contributed by atoms with van der Waals surface area (Å²) in [4.78, 5) is 4.53. The SMILES string of the molecule is CCNCC(Cc1cccc(F)c1)Cc1nc(C)cs1. The van der Waals surface area contributed by atoms with Gasteiger partial charge in [0.05, 0.1) is 5.01 Å². The molecule has 0 amide bonds. The molecule has 20 heavy (non-hydrogen) atoms. The Bertz CT molecular complexity index is 539. The van der Waals surface area contributed by atoms with Crippen molar-refractivity contribution in [3.63, 3.8) is 0 Å². The van der Waals surface area contributed by atoms with Crippen LogP contribution in [0.15, 0.2) is 29.6 Å². The normalized spacial score (nSPS) is 12.6. The lowest BCUT2D eigenvalue weighted by molar-refractivity contribution is 0.476. The van der Waals surface area contributed by atoms with Gasteiger partial charge in [0.1, 0.15) is 5.82 Å². The van der Waals surface area contributed by atoms with Gasteiger partial charge in [-0.3, -0.25) is 0 Å². The summed E-state index contributed by atoms with van der Waals surface area (Å²) in [6.07, 6.45) is 1.82. The second-order valence-corrected chi connectivity index (χ2v) is 6.04. The molecule has 0 fully saturated rings. The largest absolute Gasteiger partial charge is 0.317 e. The zero-order chi connectivity index (χ0) is 14.4. The minimum absolute atomic E-state index is 0.158. The highest BCUT2D eigenvalue weighted by Gasteiger charge is 2.13. The first-order chi connectivity index (χ1) is 9.67. The molecule has 0 radical (unpaired) electrons. The highest BCUT2D eigenvalue weighted by Crippen LogP contribution is 2.18. The molecule has 2 rings (SSSR count). The van der Waals surface area contributed by atoms with Crippen LogP contribution in [0.1, 0.15) is 23.2 Å². The standard InChI is InChI=1S/C16H21FN2S/c1-3-18-10-14(9-16-19-12(2)11-20-16)7-13-5-4-6-15(17)8-13/h4-6,8,11,14,18H,3,7,9-10H2,1-2H3. The van der Waals surface area contributed by atoms with Crippen LogP contribution in [0.5, 0.6) is 0 Å². The van der Waals surface area contributed by atoms with Crippen LogP contribution in [-0.2, 0) is 12.8 Å². The molecule has 1 unspecified atom stereocenters. The van der Waals surface area contributed by atoms with Crippen molar-refractivity contribution in [2.24, 2.45) is 5.92 Å². The maximum Gasteiger partial charge on any atom is 0.123 e. The number of nitrogens with zero attached hydrogens (tertiary/aromatic N) is 1. The van der Waals surface area contributed by atoms with Crippen LogP contribution in [0, 0.1) is 18.7 Å². The molecule has 0 aliphatic heterocycles. The number of aromatic nitrogens is 1. The fraction of sp³-hybridized carbons (Fsp3) is 0.438. The molecule has 1 aromatic heterocycles. The van der Waals surface area contributed by atoms with Crippen molar-refractivity contribution in [3.05, 3.63) is 51.7 Å². The zero-order valence-electron chi connectivity index (χ0n) is 12.0. The van der Waals surface area contributed by atoms with Crippen molar-refractivity contribution < 1.29 is 4.39 Å². The highest BCUT2D eigenvalue weighted by molar-refractivity contribution is 7.09. The van der Waals surface area contributed by atoms with Crippen LogP contribution in [0.4, 0.5) is 4.39 Å². The van der Waals surface area contributed by atoms with Gasteiger partial charge in [-0.25, -0.2) is 9.37 Å². The number of benzene rings is 1. The molecule has 1 heterocycles. The monoisotopic (exact) mass is 292 g/mol. The second-order valence-electron chi connectivity index (χ2n) is 5.09. The lowest BCUT2D eigenvalue weighted by Crippen LogP contribution is -2.25. The van der Waals surface area contributed by atoms with Crippen molar-refractivity contribution in [2.45, 2.75) is 26.7 Å². The van der Waals surface area contributed by atoms with E-state index in [0.717, 1.165) is 37.2 Å². The summed E-state index contributed by atoms with van der Waals surface area (Å²) >= 11 is 1.71. The van der Waals surface area contributed by atoms with E-state index in [2.05, 4.69) is 22.6 Å². The molecule has 2 nitrogen and oxygen atoms in total. The van der Waals surface area contributed by atoms with Gasteiger partial charge in [-0.2, -0.15) is 0 Å². The lowest BCUT2D eigenvalue weighted by Gasteiger charge is -2.16. The number of halogens is 1. The van der Waals surface area contributed by atoms with Gasteiger partial charge < -0.3 is 5.32 Å². The Morgan fingerprint density at radius 1 is 1.35 bits per heavy atom. The first-order valence-corrected chi connectivity index (χ1v) is 7.91. The van der Waals surface area contributed by atoms with E-state index in [-0.39, 0.29) is 5.82 Å². The Morgan fingerprint density at radius 3 is 2.85 bits per heavy atom. The van der Waals surface area contributed by atoms with E-state index in [4.69, 9.17) is 0 Å². The number of rotatable bonds is 7. The fourth-order valence-electron chi connectivity index (χ4n) is 2.31. The summed E-state index contributed by atoms with van der Waals surface area (Å²) in [5, 5.41) is 6.65. The molecule has 0 aliphatic rings. The third kappa shape index (κ3) is 4.69. The van der Waals surface area contributed by atoms with Gasteiger partial charge in [0.25, 0.3) is 0 Å². The molecular formula is C16H21FN2S. The predicted octanol–water partition coefficient (Wildman–Crippen LogP) is 3.60. The third-order valence-corrected chi connectivity index (χ3v) is 4.22. The summed E-state index contributed by atoms with van der Waals surface area (Å²) in [5.74, 6) is 0.289. The quantitative estimate of drug-likeness (QED) is 0.843. The molecule has 2 aromatic rings. The molecule has 1 N–H and O–H groups in total. The van der Waals surface area contributed by atoms with E-state index in [9.17, 15) is 4.39 Å². The molecule has 0 spiro atoms. The Morgan fingerprint density at radius 2 is 2.20 bits per heavy atom. The average molecular weight is 292 g/mol. The number of nitrogens with one attached hydrogen (secondary N) is 1. The van der Waals surface area contributed by atoms with Gasteiger partial charge in [-0.15, -0.1) is 11.3 Å². The predicted molar refractivity (Wildman–Crippen MR) is 82.7 cm³/mol. The van der Waals surface area contributed by atoms with Crippen LogP contribution < -0.4 is 5.32 Å². The van der Waals surface area contributed by atoms with E-state index in [1.54, 1.807) is 23.5 Å². The maximum atomic E-state index is 13.3. The highest BCUT2D eigenvalue weighted by atomic mass is 32.1. The van der Waals surface area contributed by atoms with Gasteiger partial charge in [0.15, 0.2) is 0 Å². The third-order valence-electron chi connectivity index (χ3n) is 3.23.